The quantitative estimate of drug-likeness (QED) is 0.210. The maximum atomic E-state index is 12.2. The van der Waals surface area contributed by atoms with Crippen LogP contribution in [0.2, 0.25) is 0 Å². The summed E-state index contributed by atoms with van der Waals surface area (Å²) in [5, 5.41) is 4.01. The van der Waals surface area contributed by atoms with E-state index in [-0.39, 0.29) is 19.1 Å². The lowest BCUT2D eigenvalue weighted by Gasteiger charge is -2.14. The predicted octanol–water partition coefficient (Wildman–Crippen LogP) is 4.16. The van der Waals surface area contributed by atoms with E-state index in [1.807, 2.05) is 13.0 Å². The molecule has 2 aromatic rings. The smallest absolute Gasteiger partial charge is 0.344 e. The van der Waals surface area contributed by atoms with Crippen molar-refractivity contribution in [3.05, 3.63) is 55.6 Å². The van der Waals surface area contributed by atoms with Crippen molar-refractivity contribution < 1.29 is 23.8 Å². The lowest BCUT2D eigenvalue weighted by Crippen LogP contribution is -2.18. The number of rotatable bonds is 9. The first-order valence-electron chi connectivity index (χ1n) is 8.78. The van der Waals surface area contributed by atoms with Crippen molar-refractivity contribution in [2.45, 2.75) is 13.8 Å². The number of amides is 1. The number of hydrazone groups is 1. The SMILES string of the molecule is CCOC(=O)COc1c(I)cc(/C=N\NC(=O)c2ccccc2Br)cc1OCC. The van der Waals surface area contributed by atoms with Gasteiger partial charge in [0, 0.05) is 4.47 Å². The third-order valence-electron chi connectivity index (χ3n) is 3.47. The first kappa shape index (κ1) is 23.1. The number of carbonyl (C=O) groups is 2. The summed E-state index contributed by atoms with van der Waals surface area (Å²) in [5.41, 5.74) is 3.68. The van der Waals surface area contributed by atoms with Crippen molar-refractivity contribution in [3.8, 4) is 11.5 Å². The van der Waals surface area contributed by atoms with Gasteiger partial charge in [0.15, 0.2) is 18.1 Å². The van der Waals surface area contributed by atoms with Crippen molar-refractivity contribution >= 4 is 56.6 Å². The highest BCUT2D eigenvalue weighted by Crippen LogP contribution is 2.34. The molecule has 0 atom stereocenters. The first-order chi connectivity index (χ1) is 14.0. The normalized spacial score (nSPS) is 10.6. The zero-order valence-corrected chi connectivity index (χ0v) is 19.7. The highest BCUT2D eigenvalue weighted by molar-refractivity contribution is 14.1. The molecule has 0 unspecified atom stereocenters. The molecule has 7 nitrogen and oxygen atoms in total. The van der Waals surface area contributed by atoms with E-state index in [2.05, 4.69) is 49.0 Å². The molecule has 0 bridgehead atoms. The van der Waals surface area contributed by atoms with Crippen LogP contribution in [0.1, 0.15) is 29.8 Å². The molecule has 2 rings (SSSR count). The second-order valence-corrected chi connectivity index (χ2v) is 7.55. The fraction of sp³-hybridized carbons (Fsp3) is 0.250. The number of esters is 1. The molecule has 0 saturated heterocycles. The Morgan fingerprint density at radius 2 is 1.93 bits per heavy atom. The highest BCUT2D eigenvalue weighted by Gasteiger charge is 2.14. The van der Waals surface area contributed by atoms with Gasteiger partial charge in [-0.2, -0.15) is 5.10 Å². The molecule has 0 aliphatic rings. The number of hydrogen-bond acceptors (Lipinski definition) is 6. The molecule has 0 aliphatic carbocycles. The fourth-order valence-corrected chi connectivity index (χ4v) is 3.52. The van der Waals surface area contributed by atoms with Gasteiger partial charge in [-0.15, -0.1) is 0 Å². The highest BCUT2D eigenvalue weighted by atomic mass is 127. The van der Waals surface area contributed by atoms with Crippen LogP contribution in [0.15, 0.2) is 46.0 Å². The Labute approximate surface area is 191 Å². The molecule has 1 amide bonds. The Hall–Kier alpha value is -2.14. The van der Waals surface area contributed by atoms with Crippen LogP contribution < -0.4 is 14.9 Å². The Balaban J connectivity index is 2.12. The van der Waals surface area contributed by atoms with Crippen LogP contribution in [0, 0.1) is 3.57 Å². The minimum atomic E-state index is -0.453. The van der Waals surface area contributed by atoms with Crippen molar-refractivity contribution in [2.75, 3.05) is 19.8 Å². The molecular formula is C20H20BrIN2O5. The molecule has 0 aliphatic heterocycles. The van der Waals surface area contributed by atoms with E-state index in [1.54, 1.807) is 37.3 Å². The molecule has 0 fully saturated rings. The molecule has 9 heteroatoms. The topological polar surface area (TPSA) is 86.2 Å². The van der Waals surface area contributed by atoms with Gasteiger partial charge in [-0.1, -0.05) is 12.1 Å². The summed E-state index contributed by atoms with van der Waals surface area (Å²) < 4.78 is 17.5. The molecule has 0 saturated carbocycles. The summed E-state index contributed by atoms with van der Waals surface area (Å²) in [6.45, 7) is 4.08. The molecule has 0 radical (unpaired) electrons. The molecule has 29 heavy (non-hydrogen) atoms. The van der Waals surface area contributed by atoms with E-state index in [4.69, 9.17) is 14.2 Å². The van der Waals surface area contributed by atoms with E-state index < -0.39 is 5.97 Å². The second-order valence-electron chi connectivity index (χ2n) is 5.54. The molecule has 154 valence electrons. The molecule has 0 aromatic heterocycles. The van der Waals surface area contributed by atoms with Crippen molar-refractivity contribution in [3.63, 3.8) is 0 Å². The van der Waals surface area contributed by atoms with Gasteiger partial charge < -0.3 is 14.2 Å². The van der Waals surface area contributed by atoms with E-state index in [9.17, 15) is 9.59 Å². The van der Waals surface area contributed by atoms with Crippen LogP contribution in [0.25, 0.3) is 0 Å². The Kier molecular flexibility index (Phi) is 9.39. The zero-order chi connectivity index (χ0) is 21.2. The Morgan fingerprint density at radius 1 is 1.17 bits per heavy atom. The summed E-state index contributed by atoms with van der Waals surface area (Å²) in [4.78, 5) is 23.8. The number of benzene rings is 2. The molecular weight excluding hydrogens is 555 g/mol. The van der Waals surface area contributed by atoms with Gasteiger partial charge in [-0.05, 0) is 82.2 Å². The van der Waals surface area contributed by atoms with Crippen LogP contribution in [0.5, 0.6) is 11.5 Å². The standard InChI is InChI=1S/C20H20BrIN2O5/c1-3-27-17-10-13(9-16(22)19(17)29-12-18(25)28-4-2)11-23-24-20(26)14-7-5-6-8-15(14)21/h5-11H,3-4,12H2,1-2H3,(H,24,26)/b23-11-. The predicted molar refractivity (Wildman–Crippen MR) is 122 cm³/mol. The minimum absolute atomic E-state index is 0.209. The van der Waals surface area contributed by atoms with E-state index in [0.717, 1.165) is 3.57 Å². The number of carbonyl (C=O) groups excluding carboxylic acids is 2. The van der Waals surface area contributed by atoms with Crippen LogP contribution in [-0.4, -0.2) is 37.9 Å². The number of halogens is 2. The largest absolute Gasteiger partial charge is 0.490 e. The summed E-state index contributed by atoms with van der Waals surface area (Å²) in [7, 11) is 0. The van der Waals surface area contributed by atoms with Crippen LogP contribution in [-0.2, 0) is 9.53 Å². The van der Waals surface area contributed by atoms with Crippen LogP contribution in [0.3, 0.4) is 0 Å². The Bertz CT molecular complexity index is 904. The maximum absolute atomic E-state index is 12.2. The average molecular weight is 575 g/mol. The van der Waals surface area contributed by atoms with Gasteiger partial charge in [-0.25, -0.2) is 10.2 Å². The first-order valence-corrected chi connectivity index (χ1v) is 10.7. The fourth-order valence-electron chi connectivity index (χ4n) is 2.27. The number of nitrogens with zero attached hydrogens (tertiary/aromatic N) is 1. The van der Waals surface area contributed by atoms with Crippen molar-refractivity contribution in [1.29, 1.82) is 0 Å². The number of nitrogens with one attached hydrogen (secondary N) is 1. The summed E-state index contributed by atoms with van der Waals surface area (Å²) in [5.74, 6) is 0.145. The van der Waals surface area contributed by atoms with Gasteiger partial charge in [0.25, 0.3) is 5.91 Å². The third-order valence-corrected chi connectivity index (χ3v) is 4.96. The second kappa shape index (κ2) is 11.8. The lowest BCUT2D eigenvalue weighted by molar-refractivity contribution is -0.145. The van der Waals surface area contributed by atoms with Crippen LogP contribution >= 0.6 is 38.5 Å². The van der Waals surface area contributed by atoms with Gasteiger partial charge in [-0.3, -0.25) is 4.79 Å². The van der Waals surface area contributed by atoms with E-state index >= 15 is 0 Å². The van der Waals surface area contributed by atoms with Crippen LogP contribution in [0.4, 0.5) is 0 Å². The number of hydrogen-bond donors (Lipinski definition) is 1. The van der Waals surface area contributed by atoms with E-state index in [0.29, 0.717) is 33.7 Å². The van der Waals surface area contributed by atoms with Gasteiger partial charge in [0.1, 0.15) is 0 Å². The van der Waals surface area contributed by atoms with Crippen molar-refractivity contribution in [2.24, 2.45) is 5.10 Å². The molecule has 0 spiro atoms. The number of ether oxygens (including phenoxy) is 3. The van der Waals surface area contributed by atoms with Gasteiger partial charge in [0.05, 0.1) is 28.6 Å². The summed E-state index contributed by atoms with van der Waals surface area (Å²) in [6, 6.07) is 10.6. The Morgan fingerprint density at radius 3 is 2.62 bits per heavy atom. The summed E-state index contributed by atoms with van der Waals surface area (Å²) in [6.07, 6.45) is 1.51. The molecule has 2 aromatic carbocycles. The average Bonchev–Trinajstić information content (AvgIpc) is 2.68. The lowest BCUT2D eigenvalue weighted by atomic mass is 10.2. The third kappa shape index (κ3) is 7.00. The summed E-state index contributed by atoms with van der Waals surface area (Å²) >= 11 is 5.42. The maximum Gasteiger partial charge on any atom is 0.344 e. The molecule has 0 heterocycles. The van der Waals surface area contributed by atoms with Gasteiger partial charge >= 0.3 is 5.97 Å². The monoisotopic (exact) mass is 574 g/mol. The van der Waals surface area contributed by atoms with Crippen molar-refractivity contribution in [1.82, 2.24) is 5.43 Å². The van der Waals surface area contributed by atoms with E-state index in [1.165, 1.54) is 6.21 Å². The van der Waals surface area contributed by atoms with Gasteiger partial charge in [0.2, 0.25) is 0 Å². The molecule has 1 N–H and O–H groups in total. The zero-order valence-electron chi connectivity index (χ0n) is 15.9. The minimum Gasteiger partial charge on any atom is -0.490 e.